The summed E-state index contributed by atoms with van der Waals surface area (Å²) in [4.78, 5) is 7.85. The molecule has 11 heteroatoms. The Morgan fingerprint density at radius 2 is 1.32 bits per heavy atom. The molecule has 0 unspecified atom stereocenters. The van der Waals surface area contributed by atoms with Gasteiger partial charge in [-0.25, -0.2) is 0 Å². The van der Waals surface area contributed by atoms with Crippen LogP contribution in [0.1, 0.15) is 29.1 Å². The molecule has 4 N–H and O–H groups in total. The van der Waals surface area contributed by atoms with Crippen molar-refractivity contribution in [2.24, 2.45) is 7.05 Å². The molecule has 56 heavy (non-hydrogen) atoms. The first-order valence-corrected chi connectivity index (χ1v) is 21.2. The lowest BCUT2D eigenvalue weighted by atomic mass is 10.1. The first-order valence-electron chi connectivity index (χ1n) is 19.5. The molecule has 3 heterocycles. The van der Waals surface area contributed by atoms with E-state index in [1.54, 1.807) is 23.1 Å². The molecule has 0 radical (unpaired) electrons. The van der Waals surface area contributed by atoms with E-state index in [4.69, 9.17) is 0 Å². The minimum absolute atomic E-state index is 0.0894. The number of rotatable bonds is 21. The van der Waals surface area contributed by atoms with Crippen LogP contribution in [0, 0.1) is 0 Å². The van der Waals surface area contributed by atoms with Crippen molar-refractivity contribution in [3.05, 3.63) is 124 Å². The Kier molecular flexibility index (Phi) is 15.8. The number of aliphatic hydroxyl groups excluding tert-OH is 4. The first-order chi connectivity index (χ1) is 27.5. The van der Waals surface area contributed by atoms with E-state index in [-0.39, 0.29) is 26.4 Å². The minimum Gasteiger partial charge on any atom is -0.395 e. The number of para-hydroxylation sites is 3. The van der Waals surface area contributed by atoms with E-state index in [1.165, 1.54) is 36.2 Å². The van der Waals surface area contributed by atoms with E-state index in [2.05, 4.69) is 152 Å². The number of thioether (sulfide) groups is 1. The number of aliphatic hydroxyl groups is 4. The number of allylic oxidation sites excluding steroid dienone is 4. The van der Waals surface area contributed by atoms with Crippen molar-refractivity contribution in [1.82, 2.24) is 9.80 Å². The van der Waals surface area contributed by atoms with Crippen molar-refractivity contribution in [2.75, 3.05) is 77.1 Å². The van der Waals surface area contributed by atoms with Crippen LogP contribution in [-0.4, -0.2) is 102 Å². The Bertz CT molecular complexity index is 2150. The van der Waals surface area contributed by atoms with E-state index in [0.717, 1.165) is 55.8 Å². The number of aromatic nitrogens is 2. The Hall–Kier alpha value is -4.17. The molecule has 1 aliphatic heterocycles. The van der Waals surface area contributed by atoms with Gasteiger partial charge in [0.25, 0.3) is 5.01 Å². The van der Waals surface area contributed by atoms with Gasteiger partial charge in [0.1, 0.15) is 11.7 Å². The lowest BCUT2D eigenvalue weighted by Crippen LogP contribution is -2.38. The molecule has 2 aromatic heterocycles. The van der Waals surface area contributed by atoms with Crippen LogP contribution in [0.4, 0.5) is 5.69 Å². The molecule has 294 valence electrons. The second kappa shape index (κ2) is 21.4. The summed E-state index contributed by atoms with van der Waals surface area (Å²) in [6.07, 6.45) is 17.0. The van der Waals surface area contributed by atoms with Crippen molar-refractivity contribution in [2.45, 2.75) is 24.3 Å². The van der Waals surface area contributed by atoms with Crippen molar-refractivity contribution in [1.29, 1.82) is 0 Å². The maximum atomic E-state index is 9.45. The Labute approximate surface area is 339 Å². The second-order valence-corrected chi connectivity index (χ2v) is 15.9. The highest BCUT2D eigenvalue weighted by molar-refractivity contribution is 8.03. The molecule has 1 aliphatic rings. The van der Waals surface area contributed by atoms with Gasteiger partial charge in [-0.1, -0.05) is 83.8 Å². The van der Waals surface area contributed by atoms with Crippen molar-refractivity contribution in [3.8, 4) is 0 Å². The summed E-state index contributed by atoms with van der Waals surface area (Å²) in [5.41, 5.74) is 5.83. The summed E-state index contributed by atoms with van der Waals surface area (Å²) in [5, 5.41) is 41.3. The number of hydrogen-bond acceptors (Lipinski definition) is 9. The standard InChI is InChI=1S/C45H55N5O4S2/c1-46-37(14-2-9-21-44-49(40-17-5-7-19-42(40)55-44)25-11-23-47(27-31-51)28-32-52)35-36(38-15-3-4-16-39(38)46)13-10-22-45-50(41-18-6-8-20-43(41)56-45)26-12-24-48(29-33-53)30-34-54/h2-10,13-22,35,51-54H,11-12,23-34H2,1H3/q+2/b14-2+,21-9+. The van der Waals surface area contributed by atoms with Gasteiger partial charge in [0.2, 0.25) is 16.7 Å². The number of anilines is 1. The van der Waals surface area contributed by atoms with Gasteiger partial charge >= 0.3 is 0 Å². The van der Waals surface area contributed by atoms with Crippen LogP contribution in [0.2, 0.25) is 0 Å². The Balaban J connectivity index is 1.20. The highest BCUT2D eigenvalue weighted by Crippen LogP contribution is 2.45. The maximum absolute atomic E-state index is 9.45. The van der Waals surface area contributed by atoms with E-state index in [9.17, 15) is 20.4 Å². The molecular formula is C45H55N5O4S2+2. The van der Waals surface area contributed by atoms with E-state index >= 15 is 0 Å². The molecular weight excluding hydrogens is 739 g/mol. The van der Waals surface area contributed by atoms with Crippen LogP contribution in [0.3, 0.4) is 0 Å². The van der Waals surface area contributed by atoms with Crippen LogP contribution in [0.5, 0.6) is 0 Å². The number of hydrogen-bond donors (Lipinski definition) is 4. The molecule has 0 amide bonds. The zero-order valence-electron chi connectivity index (χ0n) is 32.3. The Morgan fingerprint density at radius 1 is 0.679 bits per heavy atom. The topological polar surface area (TPSA) is 98.4 Å². The molecule has 5 aromatic rings. The highest BCUT2D eigenvalue weighted by Gasteiger charge is 2.24. The fourth-order valence-electron chi connectivity index (χ4n) is 7.26. The Morgan fingerprint density at radius 3 is 2.07 bits per heavy atom. The van der Waals surface area contributed by atoms with Gasteiger partial charge < -0.3 is 25.3 Å². The van der Waals surface area contributed by atoms with Crippen LogP contribution in [0.25, 0.3) is 39.3 Å². The van der Waals surface area contributed by atoms with E-state index in [1.807, 2.05) is 0 Å². The monoisotopic (exact) mass is 793 g/mol. The molecule has 0 bridgehead atoms. The van der Waals surface area contributed by atoms with Gasteiger partial charge in [-0.05, 0) is 42.3 Å². The largest absolute Gasteiger partial charge is 0.395 e. The van der Waals surface area contributed by atoms with Crippen LogP contribution in [0.15, 0.2) is 113 Å². The van der Waals surface area contributed by atoms with Gasteiger partial charge in [0.15, 0.2) is 6.54 Å². The van der Waals surface area contributed by atoms with Gasteiger partial charge in [-0.3, -0.25) is 9.80 Å². The summed E-state index contributed by atoms with van der Waals surface area (Å²) in [6.45, 7) is 5.96. The quantitative estimate of drug-likeness (QED) is 0.0555. The molecule has 0 saturated heterocycles. The van der Waals surface area contributed by atoms with Crippen LogP contribution < -0.4 is 14.0 Å². The number of thiazole rings is 1. The predicted molar refractivity (Wildman–Crippen MR) is 232 cm³/mol. The summed E-state index contributed by atoms with van der Waals surface area (Å²) >= 11 is 3.57. The van der Waals surface area contributed by atoms with Gasteiger partial charge in [-0.2, -0.15) is 9.13 Å². The molecule has 0 spiro atoms. The minimum atomic E-state index is 0.0894. The summed E-state index contributed by atoms with van der Waals surface area (Å²) in [5.74, 6) is 0. The fraction of sp³-hybridized carbons (Fsp3) is 0.333. The molecule has 0 aliphatic carbocycles. The van der Waals surface area contributed by atoms with Crippen LogP contribution >= 0.6 is 23.1 Å². The molecule has 0 fully saturated rings. The zero-order valence-corrected chi connectivity index (χ0v) is 33.9. The number of fused-ring (bicyclic) bond motifs is 3. The summed E-state index contributed by atoms with van der Waals surface area (Å²) in [6, 6.07) is 27.8. The normalized spacial score (nSPS) is 14.1. The fourth-order valence-corrected chi connectivity index (χ4v) is 9.47. The molecule has 9 nitrogen and oxygen atoms in total. The third kappa shape index (κ3) is 10.6. The predicted octanol–water partition coefficient (Wildman–Crippen LogP) is 5.71. The lowest BCUT2D eigenvalue weighted by molar-refractivity contribution is -0.669. The van der Waals surface area contributed by atoms with Gasteiger partial charge in [0, 0.05) is 87.5 Å². The summed E-state index contributed by atoms with van der Waals surface area (Å²) in [7, 11) is 2.12. The lowest BCUT2D eigenvalue weighted by Gasteiger charge is -2.24. The zero-order chi connectivity index (χ0) is 39.1. The SMILES string of the molecule is C[n+]1c(/C=C/C=C/c2sc3ccccc3[n+]2CCCN(CCO)CCO)cc(C=CC=C2Sc3ccccc3N2CCCN(CCO)CCO)c2ccccc21. The third-order valence-electron chi connectivity index (χ3n) is 10.0. The van der Waals surface area contributed by atoms with E-state index in [0.29, 0.717) is 26.2 Å². The average molecular weight is 794 g/mol. The number of nitrogens with zero attached hydrogens (tertiary/aromatic N) is 5. The molecule has 0 atom stereocenters. The molecule has 6 rings (SSSR count). The number of aryl methyl sites for hydroxylation is 2. The highest BCUT2D eigenvalue weighted by atomic mass is 32.2. The van der Waals surface area contributed by atoms with Crippen molar-refractivity contribution in [3.63, 3.8) is 0 Å². The van der Waals surface area contributed by atoms with Crippen molar-refractivity contribution < 1.29 is 29.6 Å². The average Bonchev–Trinajstić information content (AvgIpc) is 3.75. The number of pyridine rings is 1. The van der Waals surface area contributed by atoms with Crippen molar-refractivity contribution >= 4 is 68.1 Å². The smallest absolute Gasteiger partial charge is 0.262 e. The van der Waals surface area contributed by atoms with E-state index < -0.39 is 0 Å². The number of benzene rings is 3. The second-order valence-electron chi connectivity index (χ2n) is 13.7. The summed E-state index contributed by atoms with van der Waals surface area (Å²) < 4.78 is 5.86. The van der Waals surface area contributed by atoms with Crippen LogP contribution in [-0.2, 0) is 13.6 Å². The third-order valence-corrected chi connectivity index (χ3v) is 12.3. The first kappa shape index (κ1) is 41.5. The van der Waals surface area contributed by atoms with Gasteiger partial charge in [-0.15, -0.1) is 0 Å². The van der Waals surface area contributed by atoms with Gasteiger partial charge in [0.05, 0.1) is 42.5 Å². The molecule has 0 saturated carbocycles. The maximum Gasteiger partial charge on any atom is 0.262 e. The molecule has 3 aromatic carbocycles.